The lowest BCUT2D eigenvalue weighted by atomic mass is 9.89. The molecule has 26 heavy (non-hydrogen) atoms. The molecule has 4 heteroatoms. The molecule has 0 unspecified atom stereocenters. The van der Waals surface area contributed by atoms with Crippen LogP contribution in [0.5, 0.6) is 0 Å². The van der Waals surface area contributed by atoms with E-state index in [1.165, 1.54) is 12.8 Å². The van der Waals surface area contributed by atoms with E-state index in [1.54, 1.807) is 0 Å². The molecule has 0 bridgehead atoms. The molecule has 0 saturated heterocycles. The Balaban J connectivity index is 1.47. The highest BCUT2D eigenvalue weighted by Gasteiger charge is 2.37. The number of rotatable bonds is 5. The van der Waals surface area contributed by atoms with E-state index < -0.39 is 0 Å². The number of carbonyl (C=O) groups excluding carboxylic acids is 2. The van der Waals surface area contributed by atoms with Crippen LogP contribution >= 0.6 is 0 Å². The maximum absolute atomic E-state index is 12.4. The van der Waals surface area contributed by atoms with E-state index in [1.807, 2.05) is 50.2 Å². The molecule has 134 valence electrons. The van der Waals surface area contributed by atoms with Gasteiger partial charge in [0.25, 0.3) is 0 Å². The smallest absolute Gasteiger partial charge is 0.224 e. The minimum Gasteiger partial charge on any atom is -0.355 e. The summed E-state index contributed by atoms with van der Waals surface area (Å²) in [5, 5.41) is 6.35. The first-order chi connectivity index (χ1) is 12.4. The van der Waals surface area contributed by atoms with E-state index in [-0.39, 0.29) is 17.1 Å². The maximum Gasteiger partial charge on any atom is 0.224 e. The molecule has 0 radical (unpaired) electrons. The van der Waals surface area contributed by atoms with Crippen molar-refractivity contribution in [3.8, 4) is 0 Å². The Hall–Kier alpha value is -2.62. The first kappa shape index (κ1) is 16.8. The molecule has 1 saturated carbocycles. The van der Waals surface area contributed by atoms with Crippen LogP contribution in [0.4, 0.5) is 17.1 Å². The van der Waals surface area contributed by atoms with Gasteiger partial charge in [-0.25, -0.2) is 0 Å². The molecule has 0 heterocycles. The molecule has 4 rings (SSSR count). The van der Waals surface area contributed by atoms with Crippen molar-refractivity contribution in [1.29, 1.82) is 0 Å². The van der Waals surface area contributed by atoms with Crippen molar-refractivity contribution in [3.05, 3.63) is 53.6 Å². The number of Topliss-reactive ketones (excluding diaryl/α,β-unsaturated/α-hetero) is 1. The summed E-state index contributed by atoms with van der Waals surface area (Å²) in [7, 11) is 0. The number of fused-ring (bicyclic) bond motifs is 1. The summed E-state index contributed by atoms with van der Waals surface area (Å²) in [5.41, 5.74) is 4.29. The Morgan fingerprint density at radius 3 is 2.58 bits per heavy atom. The van der Waals surface area contributed by atoms with Crippen LogP contribution in [0.1, 0.15) is 49.0 Å². The molecular formula is C22H24N2O2. The molecule has 1 amide bonds. The van der Waals surface area contributed by atoms with Crippen LogP contribution in [-0.4, -0.2) is 11.7 Å². The molecule has 2 aromatic carbocycles. The zero-order chi connectivity index (χ0) is 18.3. The second-order valence-corrected chi connectivity index (χ2v) is 8.16. The quantitative estimate of drug-likeness (QED) is 0.805. The first-order valence-corrected chi connectivity index (χ1v) is 9.25. The number of anilines is 3. The van der Waals surface area contributed by atoms with Gasteiger partial charge in [0.15, 0.2) is 5.78 Å². The number of hydrogen-bond donors (Lipinski definition) is 2. The van der Waals surface area contributed by atoms with Crippen molar-refractivity contribution in [2.24, 2.45) is 11.3 Å². The summed E-state index contributed by atoms with van der Waals surface area (Å²) >= 11 is 0. The van der Waals surface area contributed by atoms with Crippen molar-refractivity contribution in [1.82, 2.24) is 0 Å². The lowest BCUT2D eigenvalue weighted by molar-refractivity contribution is -0.116. The highest BCUT2D eigenvalue weighted by atomic mass is 16.1. The van der Waals surface area contributed by atoms with Gasteiger partial charge in [0.1, 0.15) is 0 Å². The summed E-state index contributed by atoms with van der Waals surface area (Å²) in [6.07, 6.45) is 3.74. The third-order valence-corrected chi connectivity index (χ3v) is 5.20. The maximum atomic E-state index is 12.4. The minimum atomic E-state index is -0.313. The highest BCUT2D eigenvalue weighted by Crippen LogP contribution is 2.37. The van der Waals surface area contributed by atoms with Gasteiger partial charge in [0.2, 0.25) is 5.91 Å². The van der Waals surface area contributed by atoms with E-state index >= 15 is 0 Å². The molecule has 0 aliphatic heterocycles. The third-order valence-electron chi connectivity index (χ3n) is 5.20. The van der Waals surface area contributed by atoms with Crippen LogP contribution in [0.15, 0.2) is 42.5 Å². The second kappa shape index (κ2) is 6.27. The number of ketones is 1. The average Bonchev–Trinajstić information content (AvgIpc) is 3.34. The van der Waals surface area contributed by atoms with E-state index in [9.17, 15) is 9.59 Å². The van der Waals surface area contributed by atoms with Gasteiger partial charge in [-0.2, -0.15) is 0 Å². The predicted octanol–water partition coefficient (Wildman–Crippen LogP) is 4.93. The fourth-order valence-electron chi connectivity index (χ4n) is 3.60. The zero-order valence-corrected chi connectivity index (χ0v) is 15.3. The van der Waals surface area contributed by atoms with Crippen LogP contribution in [-0.2, 0) is 11.2 Å². The SMILES string of the molecule is CC1(C)Cc2cc(Nc3cccc(NC(=O)CC4CC4)c3)ccc2C1=O. The normalized spacial score (nSPS) is 17.7. The standard InChI is InChI=1S/C22H24N2O2/c1-22(2)13-15-11-18(8-9-19(15)21(22)26)23-16-4-3-5-17(12-16)24-20(25)10-14-6-7-14/h3-5,8-9,11-12,14,23H,6-7,10,13H2,1-2H3,(H,24,25). The van der Waals surface area contributed by atoms with E-state index in [2.05, 4.69) is 16.7 Å². The van der Waals surface area contributed by atoms with Gasteiger partial charge in [-0.1, -0.05) is 19.9 Å². The minimum absolute atomic E-state index is 0.0860. The largest absolute Gasteiger partial charge is 0.355 e. The Morgan fingerprint density at radius 1 is 1.08 bits per heavy atom. The van der Waals surface area contributed by atoms with Gasteiger partial charge in [0.05, 0.1) is 0 Å². The number of hydrogen-bond acceptors (Lipinski definition) is 3. The van der Waals surface area contributed by atoms with Crippen molar-refractivity contribution in [2.75, 3.05) is 10.6 Å². The van der Waals surface area contributed by atoms with Crippen LogP contribution in [0.2, 0.25) is 0 Å². The predicted molar refractivity (Wildman–Crippen MR) is 104 cm³/mol. The number of benzene rings is 2. The summed E-state index contributed by atoms with van der Waals surface area (Å²) in [6.45, 7) is 3.99. The molecule has 0 aromatic heterocycles. The van der Waals surface area contributed by atoms with Crippen molar-refractivity contribution in [2.45, 2.75) is 39.5 Å². The summed E-state index contributed by atoms with van der Waals surface area (Å²) in [5.74, 6) is 0.886. The molecular weight excluding hydrogens is 324 g/mol. The number of nitrogens with one attached hydrogen (secondary N) is 2. The van der Waals surface area contributed by atoms with Crippen LogP contribution in [0, 0.1) is 11.3 Å². The Bertz CT molecular complexity index is 881. The van der Waals surface area contributed by atoms with Crippen molar-refractivity contribution >= 4 is 28.8 Å². The van der Waals surface area contributed by atoms with Gasteiger partial charge < -0.3 is 10.6 Å². The fraction of sp³-hybridized carbons (Fsp3) is 0.364. The lowest BCUT2D eigenvalue weighted by Gasteiger charge is -2.13. The summed E-state index contributed by atoms with van der Waals surface area (Å²) in [6, 6.07) is 13.6. The Morgan fingerprint density at radius 2 is 1.81 bits per heavy atom. The van der Waals surface area contributed by atoms with Crippen LogP contribution in [0.3, 0.4) is 0 Å². The van der Waals surface area contributed by atoms with Gasteiger partial charge in [0, 0.05) is 34.5 Å². The lowest BCUT2D eigenvalue weighted by Crippen LogP contribution is -2.18. The number of amides is 1. The summed E-state index contributed by atoms with van der Waals surface area (Å²) < 4.78 is 0. The van der Waals surface area contributed by atoms with Crippen LogP contribution < -0.4 is 10.6 Å². The van der Waals surface area contributed by atoms with Gasteiger partial charge in [-0.15, -0.1) is 0 Å². The zero-order valence-electron chi connectivity index (χ0n) is 15.3. The van der Waals surface area contributed by atoms with Gasteiger partial charge in [-0.3, -0.25) is 9.59 Å². The molecule has 0 atom stereocenters. The van der Waals surface area contributed by atoms with E-state index in [4.69, 9.17) is 0 Å². The molecule has 1 fully saturated rings. The average molecular weight is 348 g/mol. The molecule has 2 aromatic rings. The second-order valence-electron chi connectivity index (χ2n) is 8.16. The van der Waals surface area contributed by atoms with E-state index in [0.717, 1.165) is 34.6 Å². The first-order valence-electron chi connectivity index (χ1n) is 9.25. The monoisotopic (exact) mass is 348 g/mol. The van der Waals surface area contributed by atoms with Gasteiger partial charge in [-0.05, 0) is 67.1 Å². The van der Waals surface area contributed by atoms with Crippen molar-refractivity contribution < 1.29 is 9.59 Å². The Labute approximate surface area is 154 Å². The summed E-state index contributed by atoms with van der Waals surface area (Å²) in [4.78, 5) is 24.3. The van der Waals surface area contributed by atoms with Crippen molar-refractivity contribution in [3.63, 3.8) is 0 Å². The topological polar surface area (TPSA) is 58.2 Å². The highest BCUT2D eigenvalue weighted by molar-refractivity contribution is 6.04. The fourth-order valence-corrected chi connectivity index (χ4v) is 3.60. The molecule has 2 aliphatic carbocycles. The molecule has 0 spiro atoms. The number of carbonyl (C=O) groups is 2. The Kier molecular flexibility index (Phi) is 4.06. The molecule has 4 nitrogen and oxygen atoms in total. The van der Waals surface area contributed by atoms with Gasteiger partial charge >= 0.3 is 0 Å². The molecule has 2 aliphatic rings. The molecule has 2 N–H and O–H groups in total. The van der Waals surface area contributed by atoms with Crippen LogP contribution in [0.25, 0.3) is 0 Å². The third kappa shape index (κ3) is 3.50. The van der Waals surface area contributed by atoms with E-state index in [0.29, 0.717) is 12.3 Å².